The largest absolute Gasteiger partial charge is 0.507 e. The van der Waals surface area contributed by atoms with E-state index in [9.17, 15) is 18.3 Å². The highest BCUT2D eigenvalue weighted by Crippen LogP contribution is 2.32. The Morgan fingerprint density at radius 2 is 1.71 bits per heavy atom. The molecule has 1 aromatic rings. The number of hydrogen-bond acceptors (Lipinski definition) is 4. The predicted molar refractivity (Wildman–Crippen MR) is 124 cm³/mol. The van der Waals surface area contributed by atoms with Crippen molar-refractivity contribution in [3.05, 3.63) is 44.0 Å². The summed E-state index contributed by atoms with van der Waals surface area (Å²) in [5.74, 6) is 0.579. The van der Waals surface area contributed by atoms with E-state index < -0.39 is 10.0 Å². The number of phenols is 1. The summed E-state index contributed by atoms with van der Waals surface area (Å²) in [5, 5.41) is 13.3. The second-order valence-electron chi connectivity index (χ2n) is 7.96. The molecule has 1 saturated carbocycles. The van der Waals surface area contributed by atoms with Crippen LogP contribution in [0.3, 0.4) is 0 Å². The fourth-order valence-electron chi connectivity index (χ4n) is 4.21. The molecule has 0 bridgehead atoms. The molecule has 31 heavy (non-hydrogen) atoms. The van der Waals surface area contributed by atoms with Crippen molar-refractivity contribution in [2.75, 3.05) is 13.1 Å². The van der Waals surface area contributed by atoms with Crippen LogP contribution in [0.2, 0.25) is 5.02 Å². The molecule has 173 valence electrons. The van der Waals surface area contributed by atoms with Crippen molar-refractivity contribution < 1.29 is 18.3 Å². The zero-order valence-electron chi connectivity index (χ0n) is 18.1. The molecule has 0 spiro atoms. The number of carbonyl (C=O) groups is 1. The average molecular weight is 470 g/mol. The van der Waals surface area contributed by atoms with Gasteiger partial charge in [-0.05, 0) is 43.9 Å². The first-order valence-corrected chi connectivity index (χ1v) is 12.3. The van der Waals surface area contributed by atoms with E-state index in [1.165, 1.54) is 28.9 Å². The van der Waals surface area contributed by atoms with Gasteiger partial charge in [0.25, 0.3) is 0 Å². The fraction of sp³-hybridized carbons (Fsp3) is 0.565. The summed E-state index contributed by atoms with van der Waals surface area (Å²) in [6, 6.07) is 3.70. The summed E-state index contributed by atoms with van der Waals surface area (Å²) >= 11 is 5.96. The topological polar surface area (TPSA) is 86.7 Å². The molecule has 0 aromatic heterocycles. The molecule has 8 heteroatoms. The Kier molecular flexibility index (Phi) is 11.3. The molecule has 3 rings (SSSR count). The van der Waals surface area contributed by atoms with Crippen LogP contribution in [0.25, 0.3) is 0 Å². The monoisotopic (exact) mass is 469 g/mol. The molecular weight excluding hydrogens is 436 g/mol. The van der Waals surface area contributed by atoms with Crippen molar-refractivity contribution in [1.82, 2.24) is 9.62 Å². The van der Waals surface area contributed by atoms with E-state index in [-0.39, 0.29) is 49.0 Å². The lowest BCUT2D eigenvalue weighted by Crippen LogP contribution is -2.49. The Hall–Kier alpha value is -1.31. The Morgan fingerprint density at radius 1 is 1.06 bits per heavy atom. The first kappa shape index (κ1) is 27.7. The molecule has 1 aliphatic heterocycles. The van der Waals surface area contributed by atoms with Gasteiger partial charge in [0.15, 0.2) is 0 Å². The van der Waals surface area contributed by atoms with E-state index in [0.29, 0.717) is 13.0 Å². The van der Waals surface area contributed by atoms with Crippen LogP contribution in [0.15, 0.2) is 23.1 Å². The highest BCUT2D eigenvalue weighted by atomic mass is 35.5. The molecule has 1 aliphatic carbocycles. The number of nitrogens with zero attached hydrogens (tertiary/aromatic N) is 1. The number of rotatable bonds is 5. The summed E-state index contributed by atoms with van der Waals surface area (Å²) in [5.41, 5.74) is 0. The fourth-order valence-corrected chi connectivity index (χ4v) is 6.25. The Balaban J connectivity index is 0.00000240. The maximum absolute atomic E-state index is 13.2. The van der Waals surface area contributed by atoms with Gasteiger partial charge < -0.3 is 10.4 Å². The van der Waals surface area contributed by atoms with Crippen molar-refractivity contribution in [3.63, 3.8) is 0 Å². The zero-order chi connectivity index (χ0) is 20.9. The second kappa shape index (κ2) is 12.7. The molecular formula is C23H34ClN2O4S. The number of nitrogens with one attached hydrogen (secondary N) is 1. The minimum Gasteiger partial charge on any atom is -0.507 e. The molecule has 1 amide bonds. The standard InChI is InChI=1S/C21H30ClN2O4S.2CH2/c22-17-11-12-19(25)20(14-17)29(27,28)24-13-7-6-10-18(24)15-23-21(26)16-8-4-2-1-3-5-9-16;;/h11-12,14,18,25H,1-10,13,15H2,(H,23,26);2*1H2. The zero-order valence-corrected chi connectivity index (χ0v) is 19.7. The molecule has 2 fully saturated rings. The smallest absolute Gasteiger partial charge is 0.247 e. The van der Waals surface area contributed by atoms with E-state index in [1.54, 1.807) is 0 Å². The predicted octanol–water partition coefficient (Wildman–Crippen LogP) is 4.68. The Bertz CT molecular complexity index is 808. The second-order valence-corrected chi connectivity index (χ2v) is 10.3. The third-order valence-electron chi connectivity index (χ3n) is 5.86. The number of hydrogen-bond donors (Lipinski definition) is 2. The SMILES string of the molecule is O=C(NCC1CCCCN1S(=O)(=O)c1cc(Cl)ccc1O)[C]1CCCCCCC1.[CH2].[CH2]. The number of carbonyl (C=O) groups excluding carboxylic acids is 1. The molecule has 2 aliphatic rings. The van der Waals surface area contributed by atoms with Gasteiger partial charge in [-0.25, -0.2) is 8.42 Å². The van der Waals surface area contributed by atoms with Gasteiger partial charge in [-0.15, -0.1) is 0 Å². The Labute approximate surface area is 193 Å². The molecule has 1 atom stereocenters. The van der Waals surface area contributed by atoms with Gasteiger partial charge in [0, 0.05) is 24.2 Å². The van der Waals surface area contributed by atoms with Crippen LogP contribution in [0.5, 0.6) is 5.75 Å². The normalized spacial score (nSPS) is 21.1. The summed E-state index contributed by atoms with van der Waals surface area (Å²) in [4.78, 5) is 12.5. The molecule has 2 N–H and O–H groups in total. The molecule has 6 nitrogen and oxygen atoms in total. The number of aromatic hydroxyl groups is 1. The van der Waals surface area contributed by atoms with Crippen molar-refractivity contribution in [1.29, 1.82) is 0 Å². The summed E-state index contributed by atoms with van der Waals surface area (Å²) in [6.07, 6.45) is 9.64. The van der Waals surface area contributed by atoms with Gasteiger partial charge in [0.2, 0.25) is 15.9 Å². The lowest BCUT2D eigenvalue weighted by atomic mass is 9.90. The summed E-state index contributed by atoms with van der Waals surface area (Å²) < 4.78 is 27.8. The van der Waals surface area contributed by atoms with Crippen molar-refractivity contribution in [2.45, 2.75) is 75.1 Å². The van der Waals surface area contributed by atoms with Gasteiger partial charge in [0.1, 0.15) is 10.6 Å². The first-order chi connectivity index (χ1) is 13.9. The molecule has 1 heterocycles. The van der Waals surface area contributed by atoms with Crippen LogP contribution in [0, 0.1) is 20.8 Å². The number of sulfonamides is 1. The van der Waals surface area contributed by atoms with Crippen LogP contribution >= 0.6 is 11.6 Å². The van der Waals surface area contributed by atoms with Crippen LogP contribution < -0.4 is 5.32 Å². The van der Waals surface area contributed by atoms with Crippen molar-refractivity contribution in [2.24, 2.45) is 0 Å². The van der Waals surface area contributed by atoms with E-state index in [4.69, 9.17) is 11.6 Å². The maximum atomic E-state index is 13.2. The Morgan fingerprint density at radius 3 is 2.39 bits per heavy atom. The molecule has 5 radical (unpaired) electrons. The lowest BCUT2D eigenvalue weighted by molar-refractivity contribution is -0.120. The van der Waals surface area contributed by atoms with Crippen molar-refractivity contribution in [3.8, 4) is 5.75 Å². The summed E-state index contributed by atoms with van der Waals surface area (Å²) in [6.45, 7) is 0.647. The van der Waals surface area contributed by atoms with Gasteiger partial charge in [-0.3, -0.25) is 4.79 Å². The maximum Gasteiger partial charge on any atom is 0.247 e. The van der Waals surface area contributed by atoms with E-state index in [0.717, 1.165) is 57.3 Å². The number of piperidine rings is 1. The first-order valence-electron chi connectivity index (χ1n) is 10.5. The minimum absolute atomic E-state index is 0. The highest BCUT2D eigenvalue weighted by molar-refractivity contribution is 7.89. The number of amides is 1. The van der Waals surface area contributed by atoms with Gasteiger partial charge >= 0.3 is 0 Å². The third-order valence-corrected chi connectivity index (χ3v) is 8.07. The van der Waals surface area contributed by atoms with Gasteiger partial charge in [-0.1, -0.05) is 65.0 Å². The van der Waals surface area contributed by atoms with E-state index in [1.807, 2.05) is 0 Å². The number of halogens is 1. The quantitative estimate of drug-likeness (QED) is 0.655. The van der Waals surface area contributed by atoms with Crippen LogP contribution in [0.1, 0.15) is 64.2 Å². The molecule has 1 unspecified atom stereocenters. The summed E-state index contributed by atoms with van der Waals surface area (Å²) in [7, 11) is -3.91. The molecule has 1 saturated heterocycles. The third kappa shape index (κ3) is 7.09. The van der Waals surface area contributed by atoms with Crippen LogP contribution in [-0.4, -0.2) is 42.9 Å². The van der Waals surface area contributed by atoms with Crippen molar-refractivity contribution >= 4 is 27.5 Å². The van der Waals surface area contributed by atoms with Crippen LogP contribution in [0.4, 0.5) is 0 Å². The molecule has 1 aromatic carbocycles. The highest BCUT2D eigenvalue weighted by Gasteiger charge is 2.35. The number of benzene rings is 1. The van der Waals surface area contributed by atoms with E-state index in [2.05, 4.69) is 5.32 Å². The number of phenolic OH excluding ortho intramolecular Hbond substituents is 1. The van der Waals surface area contributed by atoms with Gasteiger partial charge in [-0.2, -0.15) is 4.31 Å². The van der Waals surface area contributed by atoms with Crippen LogP contribution in [-0.2, 0) is 14.8 Å². The average Bonchev–Trinajstić information content (AvgIpc) is 2.68. The lowest BCUT2D eigenvalue weighted by Gasteiger charge is -2.35. The van der Waals surface area contributed by atoms with E-state index >= 15 is 0 Å². The minimum atomic E-state index is -3.91. The van der Waals surface area contributed by atoms with Gasteiger partial charge in [0.05, 0.1) is 5.92 Å².